The van der Waals surface area contributed by atoms with Crippen LogP contribution in [0.15, 0.2) is 73.1 Å². The van der Waals surface area contributed by atoms with Crippen LogP contribution in [0, 0.1) is 34.5 Å². The van der Waals surface area contributed by atoms with Gasteiger partial charge in [0.1, 0.15) is 11.1 Å². The minimum Gasteiger partial charge on any atom is -0.365 e. The van der Waals surface area contributed by atoms with Crippen LogP contribution in [-0.4, -0.2) is 31.4 Å². The first-order valence-corrected chi connectivity index (χ1v) is 14.6. The van der Waals surface area contributed by atoms with E-state index >= 15 is 0 Å². The highest BCUT2D eigenvalue weighted by molar-refractivity contribution is 5.98. The number of carbonyl (C=O) groups excluding carboxylic acids is 2. The van der Waals surface area contributed by atoms with Crippen LogP contribution >= 0.6 is 0 Å². The van der Waals surface area contributed by atoms with Crippen molar-refractivity contribution in [1.82, 2.24) is 19.6 Å². The van der Waals surface area contributed by atoms with Crippen molar-refractivity contribution in [3.05, 3.63) is 84.2 Å². The van der Waals surface area contributed by atoms with E-state index in [1.54, 1.807) is 21.8 Å². The third-order valence-corrected chi connectivity index (χ3v) is 8.04. The molecule has 6 N–H and O–H groups in total. The molecule has 2 heterocycles. The average Bonchev–Trinajstić information content (AvgIpc) is 3.84. The number of carbonyl (C=O) groups is 2. The Kier molecular flexibility index (Phi) is 9.21. The van der Waals surface area contributed by atoms with Crippen molar-refractivity contribution in [2.45, 2.75) is 50.6 Å². The van der Waals surface area contributed by atoms with Crippen LogP contribution in [0.5, 0.6) is 0 Å². The van der Waals surface area contributed by atoms with Crippen molar-refractivity contribution >= 4 is 34.8 Å². The Morgan fingerprint density at radius 2 is 1.07 bits per heavy atom. The van der Waals surface area contributed by atoms with Crippen LogP contribution < -0.4 is 22.1 Å². The maximum absolute atomic E-state index is 11.7. The molecule has 2 amide bonds. The molecule has 12 heteroatoms. The number of aromatic nitrogens is 4. The van der Waals surface area contributed by atoms with Crippen LogP contribution in [0.4, 0.5) is 23.0 Å². The highest BCUT2D eigenvalue weighted by Crippen LogP contribution is 2.37. The fraction of sp³-hybridized carbons (Fsp3) is 0.312. The van der Waals surface area contributed by atoms with Crippen LogP contribution in [0.1, 0.15) is 71.3 Å². The normalized spacial score (nSPS) is 20.5. The second-order valence-electron chi connectivity index (χ2n) is 10.9. The lowest BCUT2D eigenvalue weighted by atomic mass is 10.1. The molecule has 0 spiro atoms. The van der Waals surface area contributed by atoms with E-state index in [-0.39, 0.29) is 23.9 Å². The van der Waals surface area contributed by atoms with E-state index in [0.29, 0.717) is 22.8 Å². The van der Waals surface area contributed by atoms with Crippen molar-refractivity contribution in [2.24, 2.45) is 23.3 Å². The van der Waals surface area contributed by atoms with Gasteiger partial charge in [-0.1, -0.05) is 36.4 Å². The predicted molar refractivity (Wildman–Crippen MR) is 165 cm³/mol. The highest BCUT2D eigenvalue weighted by Gasteiger charge is 2.32. The van der Waals surface area contributed by atoms with E-state index in [1.165, 1.54) is 0 Å². The Morgan fingerprint density at radius 3 is 1.41 bits per heavy atom. The van der Waals surface area contributed by atoms with Gasteiger partial charge in [-0.25, -0.2) is 0 Å². The zero-order valence-corrected chi connectivity index (χ0v) is 24.1. The van der Waals surface area contributed by atoms with Gasteiger partial charge in [0.2, 0.25) is 0 Å². The molecule has 6 rings (SSSR count). The number of nitrogens with one attached hydrogen (secondary N) is 2. The number of hydrogen-bond donors (Lipinski definition) is 4. The van der Waals surface area contributed by atoms with Crippen molar-refractivity contribution < 1.29 is 9.59 Å². The first-order chi connectivity index (χ1) is 21.4. The van der Waals surface area contributed by atoms with Crippen LogP contribution in [-0.2, 0) is 0 Å². The predicted octanol–water partition coefficient (Wildman–Crippen LogP) is 5.18. The van der Waals surface area contributed by atoms with Gasteiger partial charge < -0.3 is 22.1 Å². The van der Waals surface area contributed by atoms with E-state index < -0.39 is 11.8 Å². The third-order valence-electron chi connectivity index (χ3n) is 8.04. The van der Waals surface area contributed by atoms with Crippen LogP contribution in [0.2, 0.25) is 0 Å². The number of rotatable bonds is 8. The molecule has 2 aromatic carbocycles. The number of anilines is 4. The topological polar surface area (TPSA) is 193 Å². The van der Waals surface area contributed by atoms with Crippen molar-refractivity contribution in [2.75, 3.05) is 10.6 Å². The molecule has 0 saturated heterocycles. The molecule has 224 valence electrons. The molecule has 2 aliphatic rings. The van der Waals surface area contributed by atoms with Crippen LogP contribution in [0.3, 0.4) is 0 Å². The molecular formula is C32H34N10O2. The minimum absolute atomic E-state index is 0.00873. The first-order valence-electron chi connectivity index (χ1n) is 14.6. The number of primary amides is 2. The number of benzene rings is 2. The Morgan fingerprint density at radius 1 is 0.682 bits per heavy atom. The summed E-state index contributed by atoms with van der Waals surface area (Å²) < 4.78 is 3.43. The summed E-state index contributed by atoms with van der Waals surface area (Å²) in [5, 5.41) is 33.6. The molecule has 0 aliphatic heterocycles. The Balaban J connectivity index is 0.000000175. The maximum Gasteiger partial charge on any atom is 0.254 e. The van der Waals surface area contributed by atoms with Gasteiger partial charge in [-0.3, -0.25) is 19.0 Å². The summed E-state index contributed by atoms with van der Waals surface area (Å²) >= 11 is 0. The lowest BCUT2D eigenvalue weighted by molar-refractivity contribution is 0.0992. The maximum atomic E-state index is 11.7. The summed E-state index contributed by atoms with van der Waals surface area (Å²) in [5.41, 5.74) is 13.2. The van der Waals surface area contributed by atoms with E-state index in [2.05, 4.69) is 33.0 Å². The number of nitrogens with zero attached hydrogens (tertiary/aromatic N) is 6. The van der Waals surface area contributed by atoms with Crippen LogP contribution in [0.25, 0.3) is 0 Å². The van der Waals surface area contributed by atoms with Crippen molar-refractivity contribution in [1.29, 1.82) is 10.5 Å². The molecule has 12 nitrogen and oxygen atoms in total. The summed E-state index contributed by atoms with van der Waals surface area (Å²) in [6, 6.07) is 23.6. The second kappa shape index (κ2) is 13.6. The van der Waals surface area contributed by atoms with E-state index in [0.717, 1.165) is 49.9 Å². The molecule has 4 atom stereocenters. The smallest absolute Gasteiger partial charge is 0.254 e. The number of nitriles is 2. The fourth-order valence-corrected chi connectivity index (χ4v) is 5.80. The summed E-state index contributed by atoms with van der Waals surface area (Å²) in [6.07, 6.45) is 8.81. The van der Waals surface area contributed by atoms with Crippen molar-refractivity contribution in [3.8, 4) is 12.1 Å². The molecule has 2 saturated carbocycles. The largest absolute Gasteiger partial charge is 0.365 e. The van der Waals surface area contributed by atoms with E-state index in [9.17, 15) is 20.1 Å². The standard InChI is InChI=1S/2C16H17N5O/c2*17-9-11-5-4-8-14(11)21-10-13(15(18)22)16(20-21)19-12-6-2-1-3-7-12/h2*1-3,6-7,10-11,14H,4-5,8H2,(H2,18,22)(H,19,20)/t11-,14+;11-,14-/m10/s1. The summed E-state index contributed by atoms with van der Waals surface area (Å²) in [5.74, 6) is -0.327. The second-order valence-corrected chi connectivity index (χ2v) is 10.9. The number of amides is 2. The molecule has 4 aromatic rings. The quantitative estimate of drug-likeness (QED) is 0.215. The van der Waals surface area contributed by atoms with Gasteiger partial charge in [-0.05, 0) is 62.8 Å². The third kappa shape index (κ3) is 6.71. The lowest BCUT2D eigenvalue weighted by Gasteiger charge is -2.13. The SMILES string of the molecule is N#C[C@@H]1CCC[C@@H]1n1cc(C(N)=O)c(Nc2ccccc2)n1.N#C[C@H]1CCC[C@@H]1n1cc(C(N)=O)c(Nc2ccccc2)n1. The molecule has 2 fully saturated rings. The lowest BCUT2D eigenvalue weighted by Crippen LogP contribution is -2.14. The van der Waals surface area contributed by atoms with Gasteiger partial charge in [0.05, 0.1) is 36.1 Å². The Labute approximate surface area is 255 Å². The average molecular weight is 591 g/mol. The number of nitrogens with two attached hydrogens (primary N) is 2. The van der Waals surface area contributed by atoms with Crippen molar-refractivity contribution in [3.63, 3.8) is 0 Å². The summed E-state index contributed by atoms with van der Waals surface area (Å²) in [6.45, 7) is 0. The monoisotopic (exact) mass is 590 g/mol. The van der Waals surface area contributed by atoms with E-state index in [4.69, 9.17) is 11.5 Å². The van der Waals surface area contributed by atoms with Gasteiger partial charge >= 0.3 is 0 Å². The number of para-hydroxylation sites is 2. The molecular weight excluding hydrogens is 556 g/mol. The zero-order chi connectivity index (χ0) is 31.1. The van der Waals surface area contributed by atoms with Gasteiger partial charge in [0, 0.05) is 23.8 Å². The van der Waals surface area contributed by atoms with Gasteiger partial charge in [-0.2, -0.15) is 20.7 Å². The Hall–Kier alpha value is -5.62. The van der Waals surface area contributed by atoms with Gasteiger partial charge in [0.25, 0.3) is 11.8 Å². The minimum atomic E-state index is -0.531. The molecule has 44 heavy (non-hydrogen) atoms. The van der Waals surface area contributed by atoms with Gasteiger partial charge in [-0.15, -0.1) is 0 Å². The Bertz CT molecular complexity index is 1560. The fourth-order valence-electron chi connectivity index (χ4n) is 5.80. The molecule has 0 radical (unpaired) electrons. The molecule has 0 bridgehead atoms. The van der Waals surface area contributed by atoms with E-state index in [1.807, 2.05) is 60.7 Å². The highest BCUT2D eigenvalue weighted by atomic mass is 16.1. The number of hydrogen-bond acceptors (Lipinski definition) is 8. The molecule has 0 unspecified atom stereocenters. The molecule has 2 aliphatic carbocycles. The summed E-state index contributed by atoms with van der Waals surface area (Å²) in [7, 11) is 0. The van der Waals surface area contributed by atoms with Gasteiger partial charge in [0.15, 0.2) is 11.6 Å². The first kappa shape index (κ1) is 29.9. The zero-order valence-electron chi connectivity index (χ0n) is 24.1. The molecule has 2 aromatic heterocycles. The summed E-state index contributed by atoms with van der Waals surface area (Å²) in [4.78, 5) is 23.3.